The number of rotatable bonds is 4. The molecule has 1 heterocycles. The van der Waals surface area contributed by atoms with Crippen LogP contribution in [-0.2, 0) is 0 Å². The molecule has 0 saturated heterocycles. The van der Waals surface area contributed by atoms with Gasteiger partial charge in [0.25, 0.3) is 5.91 Å². The highest BCUT2D eigenvalue weighted by atomic mass is 35.5. The number of hydrogen-bond acceptors (Lipinski definition) is 3. The van der Waals surface area contributed by atoms with Gasteiger partial charge in [0.2, 0.25) is 0 Å². The van der Waals surface area contributed by atoms with Gasteiger partial charge in [-0.05, 0) is 25.5 Å². The maximum absolute atomic E-state index is 11.7. The summed E-state index contributed by atoms with van der Waals surface area (Å²) in [5.74, 6) is -0.285. The van der Waals surface area contributed by atoms with Crippen LogP contribution in [0.2, 0.25) is 10.3 Å². The molecule has 16 heavy (non-hydrogen) atoms. The predicted molar refractivity (Wildman–Crippen MR) is 62.9 cm³/mol. The Balaban J connectivity index is 2.72. The highest BCUT2D eigenvalue weighted by Gasteiger charge is 2.11. The Kier molecular flexibility index (Phi) is 4.99. The molecule has 0 aliphatic heterocycles. The van der Waals surface area contributed by atoms with Crippen molar-refractivity contribution in [2.75, 3.05) is 6.61 Å². The van der Waals surface area contributed by atoms with E-state index in [0.29, 0.717) is 12.0 Å². The SMILES string of the molecule is CC(CCO)NC(=O)c1cc(Cl)nc(Cl)c1. The highest BCUT2D eigenvalue weighted by Crippen LogP contribution is 2.14. The molecule has 1 atom stereocenters. The molecule has 1 aromatic rings. The first-order valence-electron chi connectivity index (χ1n) is 4.77. The third kappa shape index (κ3) is 3.96. The molecular formula is C10H12Cl2N2O2. The summed E-state index contributed by atoms with van der Waals surface area (Å²) >= 11 is 11.4. The minimum atomic E-state index is -0.285. The lowest BCUT2D eigenvalue weighted by molar-refractivity contribution is 0.0934. The number of carbonyl (C=O) groups excluding carboxylic acids is 1. The van der Waals surface area contributed by atoms with Crippen LogP contribution in [0.3, 0.4) is 0 Å². The fraction of sp³-hybridized carbons (Fsp3) is 0.400. The number of pyridine rings is 1. The van der Waals surface area contributed by atoms with Gasteiger partial charge in [-0.3, -0.25) is 4.79 Å². The van der Waals surface area contributed by atoms with Crippen molar-refractivity contribution in [3.05, 3.63) is 28.0 Å². The first-order valence-corrected chi connectivity index (χ1v) is 5.53. The molecule has 1 rings (SSSR count). The summed E-state index contributed by atoms with van der Waals surface area (Å²) in [5, 5.41) is 11.8. The van der Waals surface area contributed by atoms with Crippen molar-refractivity contribution in [1.29, 1.82) is 0 Å². The van der Waals surface area contributed by atoms with Gasteiger partial charge in [0.05, 0.1) is 0 Å². The number of carbonyl (C=O) groups is 1. The van der Waals surface area contributed by atoms with Crippen molar-refractivity contribution in [2.24, 2.45) is 0 Å². The number of halogens is 2. The fourth-order valence-corrected chi connectivity index (χ4v) is 1.63. The Morgan fingerprint density at radius 3 is 2.56 bits per heavy atom. The first-order chi connectivity index (χ1) is 7.52. The average molecular weight is 263 g/mol. The number of aliphatic hydroxyl groups excluding tert-OH is 1. The molecule has 0 spiro atoms. The molecule has 0 bridgehead atoms. The standard InChI is InChI=1S/C10H12Cl2N2O2/c1-6(2-3-15)13-10(16)7-4-8(11)14-9(12)5-7/h4-6,15H,2-3H2,1H3,(H,13,16). The van der Waals surface area contributed by atoms with E-state index in [1.165, 1.54) is 12.1 Å². The molecule has 0 aromatic carbocycles. The van der Waals surface area contributed by atoms with Crippen molar-refractivity contribution in [3.8, 4) is 0 Å². The molecular weight excluding hydrogens is 251 g/mol. The van der Waals surface area contributed by atoms with Crippen molar-refractivity contribution in [2.45, 2.75) is 19.4 Å². The molecule has 1 aromatic heterocycles. The number of aliphatic hydroxyl groups is 1. The second kappa shape index (κ2) is 6.03. The maximum Gasteiger partial charge on any atom is 0.251 e. The normalized spacial score (nSPS) is 12.2. The van der Waals surface area contributed by atoms with Crippen LogP contribution in [0, 0.1) is 0 Å². The van der Waals surface area contributed by atoms with Crippen LogP contribution in [0.25, 0.3) is 0 Å². The van der Waals surface area contributed by atoms with Gasteiger partial charge in [-0.15, -0.1) is 0 Å². The smallest absolute Gasteiger partial charge is 0.251 e. The molecule has 2 N–H and O–H groups in total. The molecule has 1 amide bonds. The van der Waals surface area contributed by atoms with Gasteiger partial charge in [0.1, 0.15) is 10.3 Å². The van der Waals surface area contributed by atoms with Crippen LogP contribution < -0.4 is 5.32 Å². The second-order valence-corrected chi connectivity index (χ2v) is 4.16. The molecule has 0 aliphatic carbocycles. The summed E-state index contributed by atoms with van der Waals surface area (Å²) in [7, 11) is 0. The number of aromatic nitrogens is 1. The Morgan fingerprint density at radius 2 is 2.06 bits per heavy atom. The quantitative estimate of drug-likeness (QED) is 0.815. The minimum absolute atomic E-state index is 0.0271. The summed E-state index contributed by atoms with van der Waals surface area (Å²) in [6.07, 6.45) is 0.498. The largest absolute Gasteiger partial charge is 0.396 e. The van der Waals surface area contributed by atoms with Gasteiger partial charge in [-0.25, -0.2) is 4.98 Å². The molecule has 0 saturated carbocycles. The Bertz CT molecular complexity index is 365. The summed E-state index contributed by atoms with van der Waals surface area (Å²) in [6.45, 7) is 1.83. The van der Waals surface area contributed by atoms with Crippen molar-refractivity contribution < 1.29 is 9.90 Å². The zero-order chi connectivity index (χ0) is 12.1. The average Bonchev–Trinajstić information content (AvgIpc) is 2.16. The van der Waals surface area contributed by atoms with Gasteiger partial charge in [-0.2, -0.15) is 0 Å². The van der Waals surface area contributed by atoms with E-state index in [1.807, 2.05) is 0 Å². The van der Waals surface area contributed by atoms with Crippen molar-refractivity contribution in [3.63, 3.8) is 0 Å². The molecule has 0 fully saturated rings. The Morgan fingerprint density at radius 1 is 1.50 bits per heavy atom. The van der Waals surface area contributed by atoms with E-state index >= 15 is 0 Å². The van der Waals surface area contributed by atoms with E-state index in [-0.39, 0.29) is 28.9 Å². The van der Waals surface area contributed by atoms with Crippen LogP contribution in [0.15, 0.2) is 12.1 Å². The molecule has 0 radical (unpaired) electrons. The lowest BCUT2D eigenvalue weighted by atomic mass is 10.2. The number of nitrogens with zero attached hydrogens (tertiary/aromatic N) is 1. The van der Waals surface area contributed by atoms with Gasteiger partial charge in [-0.1, -0.05) is 23.2 Å². The third-order valence-electron chi connectivity index (χ3n) is 1.96. The van der Waals surface area contributed by atoms with Crippen LogP contribution in [-0.4, -0.2) is 28.6 Å². The zero-order valence-electron chi connectivity index (χ0n) is 8.70. The van der Waals surface area contributed by atoms with E-state index in [4.69, 9.17) is 28.3 Å². The summed E-state index contributed by atoms with van der Waals surface area (Å²) < 4.78 is 0. The van der Waals surface area contributed by atoms with Gasteiger partial charge >= 0.3 is 0 Å². The molecule has 1 unspecified atom stereocenters. The zero-order valence-corrected chi connectivity index (χ0v) is 10.2. The minimum Gasteiger partial charge on any atom is -0.396 e. The molecule has 88 valence electrons. The van der Waals surface area contributed by atoms with Crippen LogP contribution in [0.4, 0.5) is 0 Å². The van der Waals surface area contributed by atoms with E-state index in [9.17, 15) is 4.79 Å². The monoisotopic (exact) mass is 262 g/mol. The number of amides is 1. The summed E-state index contributed by atoms with van der Waals surface area (Å²) in [6, 6.07) is 2.77. The Labute approximate surface area is 104 Å². The molecule has 6 heteroatoms. The van der Waals surface area contributed by atoms with Crippen molar-refractivity contribution in [1.82, 2.24) is 10.3 Å². The third-order valence-corrected chi connectivity index (χ3v) is 2.35. The van der Waals surface area contributed by atoms with E-state index < -0.39 is 0 Å². The van der Waals surface area contributed by atoms with E-state index in [0.717, 1.165) is 0 Å². The topological polar surface area (TPSA) is 62.2 Å². The van der Waals surface area contributed by atoms with Crippen LogP contribution in [0.1, 0.15) is 23.7 Å². The predicted octanol–water partition coefficient (Wildman–Crippen LogP) is 1.89. The van der Waals surface area contributed by atoms with Gasteiger partial charge in [0.15, 0.2) is 0 Å². The molecule has 4 nitrogen and oxygen atoms in total. The highest BCUT2D eigenvalue weighted by molar-refractivity contribution is 6.33. The second-order valence-electron chi connectivity index (χ2n) is 3.39. The number of nitrogens with one attached hydrogen (secondary N) is 1. The maximum atomic E-state index is 11.7. The first kappa shape index (κ1) is 13.2. The van der Waals surface area contributed by atoms with Gasteiger partial charge in [0, 0.05) is 18.2 Å². The summed E-state index contributed by atoms with van der Waals surface area (Å²) in [5.41, 5.74) is 0.356. The lowest BCUT2D eigenvalue weighted by Gasteiger charge is -2.12. The van der Waals surface area contributed by atoms with E-state index in [1.54, 1.807) is 6.92 Å². The lowest BCUT2D eigenvalue weighted by Crippen LogP contribution is -2.33. The Hall–Kier alpha value is -0.840. The van der Waals surface area contributed by atoms with Crippen LogP contribution in [0.5, 0.6) is 0 Å². The van der Waals surface area contributed by atoms with Gasteiger partial charge < -0.3 is 10.4 Å². The summed E-state index contributed by atoms with van der Waals surface area (Å²) in [4.78, 5) is 15.4. The molecule has 0 aliphatic rings. The van der Waals surface area contributed by atoms with E-state index in [2.05, 4.69) is 10.3 Å². The number of hydrogen-bond donors (Lipinski definition) is 2. The van der Waals surface area contributed by atoms with Crippen LogP contribution >= 0.6 is 23.2 Å². The fourth-order valence-electron chi connectivity index (χ4n) is 1.17. The van der Waals surface area contributed by atoms with Crippen molar-refractivity contribution >= 4 is 29.1 Å².